The van der Waals surface area contributed by atoms with Crippen molar-refractivity contribution in [2.24, 2.45) is 0 Å². The molecule has 1 amide bonds. The lowest BCUT2D eigenvalue weighted by molar-refractivity contribution is -0.917. The molecule has 28 heavy (non-hydrogen) atoms. The van der Waals surface area contributed by atoms with Gasteiger partial charge in [0.2, 0.25) is 0 Å². The quantitative estimate of drug-likeness (QED) is 0.739. The highest BCUT2D eigenvalue weighted by molar-refractivity contribution is 6.30. The number of carbonyl (C=O) groups excluding carboxylic acids is 1. The molecule has 1 aliphatic heterocycles. The number of piperazine rings is 1. The van der Waals surface area contributed by atoms with Gasteiger partial charge in [-0.3, -0.25) is 4.79 Å². The average molecular weight is 410 g/mol. The number of amides is 1. The molecule has 0 aliphatic carbocycles. The molecule has 3 N–H and O–H groups in total. The van der Waals surface area contributed by atoms with Crippen LogP contribution in [0.3, 0.4) is 0 Å². The molecule has 150 valence electrons. The van der Waals surface area contributed by atoms with Gasteiger partial charge >= 0.3 is 0 Å². The summed E-state index contributed by atoms with van der Waals surface area (Å²) in [5.41, 5.74) is 1.65. The van der Waals surface area contributed by atoms with Crippen LogP contribution in [-0.4, -0.2) is 43.5 Å². The number of nitrogens with one attached hydrogen (secondary N) is 1. The number of benzene rings is 2. The van der Waals surface area contributed by atoms with E-state index < -0.39 is 11.6 Å². The van der Waals surface area contributed by atoms with Crippen molar-refractivity contribution in [1.29, 1.82) is 0 Å². The molecule has 0 aromatic heterocycles. The number of halogens is 3. The predicted octanol–water partition coefficient (Wildman–Crippen LogP) is 1.17. The van der Waals surface area contributed by atoms with E-state index in [1.807, 2.05) is 36.1 Å². The van der Waals surface area contributed by atoms with Crippen LogP contribution in [0.4, 0.5) is 8.78 Å². The Hall–Kier alpha value is -2.02. The van der Waals surface area contributed by atoms with Crippen LogP contribution in [0.1, 0.15) is 24.1 Å². The molecule has 1 heterocycles. The Balaban J connectivity index is 1.44. The summed E-state index contributed by atoms with van der Waals surface area (Å²) in [6.07, 6.45) is 0. The van der Waals surface area contributed by atoms with Crippen molar-refractivity contribution in [3.05, 3.63) is 70.2 Å². The molecule has 0 spiro atoms. The van der Waals surface area contributed by atoms with Crippen molar-refractivity contribution in [3.63, 3.8) is 0 Å². The van der Waals surface area contributed by atoms with Crippen LogP contribution in [0.2, 0.25) is 5.02 Å². The van der Waals surface area contributed by atoms with Gasteiger partial charge in [0.1, 0.15) is 24.2 Å². The monoisotopic (exact) mass is 409 g/mol. The molecule has 0 unspecified atom stereocenters. The van der Waals surface area contributed by atoms with E-state index in [0.29, 0.717) is 5.56 Å². The summed E-state index contributed by atoms with van der Waals surface area (Å²) in [6, 6.07) is 11.2. The van der Waals surface area contributed by atoms with Crippen molar-refractivity contribution in [3.8, 4) is 0 Å². The fourth-order valence-corrected chi connectivity index (χ4v) is 3.67. The van der Waals surface area contributed by atoms with Crippen LogP contribution < -0.4 is 10.2 Å². The van der Waals surface area contributed by atoms with Gasteiger partial charge in [0.25, 0.3) is 5.91 Å². The Morgan fingerprint density at radius 3 is 2.50 bits per heavy atom. The molecule has 0 saturated carbocycles. The number of carbonyl (C=O) groups is 1. The van der Waals surface area contributed by atoms with Gasteiger partial charge in [0, 0.05) is 22.2 Å². The van der Waals surface area contributed by atoms with E-state index in [9.17, 15) is 13.6 Å². The highest BCUT2D eigenvalue weighted by atomic mass is 35.5. The molecule has 1 fully saturated rings. The van der Waals surface area contributed by atoms with E-state index in [2.05, 4.69) is 0 Å². The van der Waals surface area contributed by atoms with Crippen LogP contribution in [0, 0.1) is 11.6 Å². The highest BCUT2D eigenvalue weighted by Gasteiger charge is 2.25. The molecule has 3 rings (SSSR count). The zero-order valence-corrected chi connectivity index (χ0v) is 16.7. The van der Waals surface area contributed by atoms with E-state index in [4.69, 9.17) is 11.6 Å². The molecular weight excluding hydrogens is 384 g/mol. The van der Waals surface area contributed by atoms with Crippen molar-refractivity contribution >= 4 is 17.5 Å². The maximum Gasteiger partial charge on any atom is 0.278 e. The largest absolute Gasteiger partial charge is 0.332 e. The van der Waals surface area contributed by atoms with E-state index in [1.54, 1.807) is 5.32 Å². The summed E-state index contributed by atoms with van der Waals surface area (Å²) in [7, 11) is 0. The standard InChI is InChI=1S/C21H24ClF2N3O/c1-15(19-7-6-18(23)12-20(19)24)25-13-21(28)27-10-8-26(9-11-27)14-16-2-4-17(22)5-3-16/h2-7,12,15,25H,8-11,13-14H2,1H3/p+2/t15-/m0/s1. The lowest BCUT2D eigenvalue weighted by atomic mass is 10.1. The van der Waals surface area contributed by atoms with Crippen molar-refractivity contribution in [2.45, 2.75) is 19.5 Å². The van der Waals surface area contributed by atoms with Crippen molar-refractivity contribution < 1.29 is 23.8 Å². The predicted molar refractivity (Wildman–Crippen MR) is 104 cm³/mol. The summed E-state index contributed by atoms with van der Waals surface area (Å²) in [6.45, 7) is 6.23. The third-order valence-electron chi connectivity index (χ3n) is 5.29. The molecule has 4 nitrogen and oxygen atoms in total. The molecule has 7 heteroatoms. The molecule has 1 saturated heterocycles. The summed E-state index contributed by atoms with van der Waals surface area (Å²) in [5, 5.41) is 2.53. The first-order valence-corrected chi connectivity index (χ1v) is 9.94. The zero-order chi connectivity index (χ0) is 20.1. The number of hydrogen-bond acceptors (Lipinski definition) is 1. The van der Waals surface area contributed by atoms with Crippen LogP contribution >= 0.6 is 11.6 Å². The topological polar surface area (TPSA) is 41.4 Å². The lowest BCUT2D eigenvalue weighted by Gasteiger charge is -2.32. The number of nitrogens with zero attached hydrogens (tertiary/aromatic N) is 1. The highest BCUT2D eigenvalue weighted by Crippen LogP contribution is 2.14. The average Bonchev–Trinajstić information content (AvgIpc) is 2.68. The van der Waals surface area contributed by atoms with Crippen molar-refractivity contribution in [2.75, 3.05) is 32.7 Å². The first kappa shape index (κ1) is 20.7. The molecule has 2 aromatic carbocycles. The Morgan fingerprint density at radius 2 is 1.86 bits per heavy atom. The van der Waals surface area contributed by atoms with E-state index in [0.717, 1.165) is 43.8 Å². The Morgan fingerprint density at radius 1 is 1.18 bits per heavy atom. The summed E-state index contributed by atoms with van der Waals surface area (Å²) in [4.78, 5) is 15.8. The second-order valence-corrected chi connectivity index (χ2v) is 7.76. The number of nitrogens with two attached hydrogens (primary N) is 1. The van der Waals surface area contributed by atoms with Gasteiger partial charge in [-0.2, -0.15) is 0 Å². The Kier molecular flexibility index (Phi) is 6.99. The maximum absolute atomic E-state index is 13.9. The Bertz CT molecular complexity index is 808. The SMILES string of the molecule is C[C@H]([NH2+]CC(=O)N1CC[NH+](Cc2ccc(Cl)cc2)CC1)c1ccc(F)cc1F. The van der Waals surface area contributed by atoms with E-state index in [-0.39, 0.29) is 18.5 Å². The van der Waals surface area contributed by atoms with Crippen molar-refractivity contribution in [1.82, 2.24) is 4.90 Å². The second kappa shape index (κ2) is 9.45. The van der Waals surface area contributed by atoms with Gasteiger partial charge in [-0.25, -0.2) is 8.78 Å². The van der Waals surface area contributed by atoms with Crippen LogP contribution in [0.25, 0.3) is 0 Å². The van der Waals surface area contributed by atoms with Gasteiger partial charge in [0.05, 0.1) is 26.2 Å². The van der Waals surface area contributed by atoms with Gasteiger partial charge in [-0.15, -0.1) is 0 Å². The second-order valence-electron chi connectivity index (χ2n) is 7.33. The normalized spacial score (nSPS) is 16.2. The first-order chi connectivity index (χ1) is 13.4. The van der Waals surface area contributed by atoms with Crippen LogP contribution in [0.15, 0.2) is 42.5 Å². The fraction of sp³-hybridized carbons (Fsp3) is 0.381. The summed E-state index contributed by atoms with van der Waals surface area (Å²) in [5.74, 6) is -1.11. The fourth-order valence-electron chi connectivity index (χ4n) is 3.54. The van der Waals surface area contributed by atoms with Crippen LogP contribution in [-0.2, 0) is 11.3 Å². The molecule has 1 aliphatic rings. The number of quaternary nitrogens is 2. The van der Waals surface area contributed by atoms with Gasteiger partial charge in [-0.05, 0) is 31.2 Å². The number of rotatable bonds is 6. The minimum absolute atomic E-state index is 0.0555. The third-order valence-corrected chi connectivity index (χ3v) is 5.54. The molecule has 2 aromatic rings. The maximum atomic E-state index is 13.9. The Labute approximate surface area is 169 Å². The summed E-state index contributed by atoms with van der Waals surface area (Å²) >= 11 is 5.92. The molecule has 0 bridgehead atoms. The lowest BCUT2D eigenvalue weighted by Crippen LogP contribution is -3.13. The van der Waals surface area contributed by atoms with Gasteiger partial charge in [-0.1, -0.05) is 23.7 Å². The molecule has 1 atom stereocenters. The third kappa shape index (κ3) is 5.50. The van der Waals surface area contributed by atoms with Gasteiger partial charge < -0.3 is 15.1 Å². The first-order valence-electron chi connectivity index (χ1n) is 9.56. The smallest absolute Gasteiger partial charge is 0.278 e. The molecular formula is C21H26ClF2N3O+2. The van der Waals surface area contributed by atoms with Gasteiger partial charge in [0.15, 0.2) is 6.54 Å². The minimum Gasteiger partial charge on any atom is -0.332 e. The number of hydrogen-bond donors (Lipinski definition) is 2. The minimum atomic E-state index is -0.594. The molecule has 0 radical (unpaired) electrons. The van der Waals surface area contributed by atoms with E-state index >= 15 is 0 Å². The zero-order valence-electron chi connectivity index (χ0n) is 15.9. The van der Waals surface area contributed by atoms with E-state index in [1.165, 1.54) is 22.6 Å². The summed E-state index contributed by atoms with van der Waals surface area (Å²) < 4.78 is 26.9. The van der Waals surface area contributed by atoms with Crippen LogP contribution in [0.5, 0.6) is 0 Å².